The van der Waals surface area contributed by atoms with Gasteiger partial charge in [-0.05, 0) is 13.0 Å². The van der Waals surface area contributed by atoms with Crippen molar-refractivity contribution < 1.29 is 9.53 Å². The summed E-state index contributed by atoms with van der Waals surface area (Å²) in [6.07, 6.45) is 3.23. The Morgan fingerprint density at radius 1 is 1.75 bits per heavy atom. The van der Waals surface area contributed by atoms with Crippen LogP contribution in [0, 0.1) is 0 Å². The number of nitrogens with one attached hydrogen (secondary N) is 1. The van der Waals surface area contributed by atoms with E-state index < -0.39 is 0 Å². The molecule has 0 spiro atoms. The second kappa shape index (κ2) is 4.50. The molecule has 0 aliphatic carbocycles. The Morgan fingerprint density at radius 2 is 2.58 bits per heavy atom. The summed E-state index contributed by atoms with van der Waals surface area (Å²) in [5, 5.41) is 3.79. The van der Waals surface area contributed by atoms with Gasteiger partial charge in [0, 0.05) is 12.8 Å². The molecule has 0 bridgehead atoms. The lowest BCUT2D eigenvalue weighted by molar-refractivity contribution is -0.121. The van der Waals surface area contributed by atoms with Crippen LogP contribution >= 0.6 is 0 Å². The molecule has 0 radical (unpaired) electrons. The summed E-state index contributed by atoms with van der Waals surface area (Å²) in [7, 11) is 0. The molecule has 5 nitrogen and oxygen atoms in total. The van der Waals surface area contributed by atoms with Gasteiger partial charge in [-0.3, -0.25) is 4.79 Å². The highest BCUT2D eigenvalue weighted by atomic mass is 16.5. The zero-order chi connectivity index (χ0) is 8.81. The number of hydrogen-bond acceptors (Lipinski definition) is 3. The molecule has 0 saturated carbocycles. The minimum atomic E-state index is -0.208. The molecule has 1 amide bonds. The molecular formula is C7H11N3O2. The average Bonchev–Trinajstić information content (AvgIpc) is 2.53. The highest BCUT2D eigenvalue weighted by Crippen LogP contribution is 1.80. The summed E-state index contributed by atoms with van der Waals surface area (Å²) >= 11 is 0. The first-order chi connectivity index (χ1) is 5.83. The van der Waals surface area contributed by atoms with Crippen molar-refractivity contribution in [2.75, 3.05) is 18.6 Å². The van der Waals surface area contributed by atoms with Gasteiger partial charge in [0.15, 0.2) is 0 Å². The standard InChI is InChI=1S/C7H11N3O2/c1-2-12-6-7(11)9-10-5-3-4-8-10/h3-5H,2,6H2,1H3,(H,9,11). The molecule has 0 aromatic carbocycles. The zero-order valence-corrected chi connectivity index (χ0v) is 6.86. The lowest BCUT2D eigenvalue weighted by Crippen LogP contribution is -2.26. The number of rotatable bonds is 4. The lowest BCUT2D eigenvalue weighted by Gasteiger charge is -2.03. The van der Waals surface area contributed by atoms with E-state index in [1.165, 1.54) is 4.79 Å². The summed E-state index contributed by atoms with van der Waals surface area (Å²) in [4.78, 5) is 12.3. The van der Waals surface area contributed by atoms with E-state index in [1.54, 1.807) is 18.5 Å². The van der Waals surface area contributed by atoms with Crippen molar-refractivity contribution in [2.45, 2.75) is 6.92 Å². The van der Waals surface area contributed by atoms with Crippen LogP contribution in [0.3, 0.4) is 0 Å². The molecule has 0 aliphatic rings. The second-order valence-electron chi connectivity index (χ2n) is 2.12. The normalized spacial score (nSPS) is 9.75. The summed E-state index contributed by atoms with van der Waals surface area (Å²) in [6.45, 7) is 2.43. The zero-order valence-electron chi connectivity index (χ0n) is 6.86. The summed E-state index contributed by atoms with van der Waals surface area (Å²) < 4.78 is 4.89. The predicted octanol–water partition coefficient (Wildman–Crippen LogP) is -0.0103. The molecule has 0 unspecified atom stereocenters. The summed E-state index contributed by atoms with van der Waals surface area (Å²) in [6, 6.07) is 1.72. The molecule has 5 heteroatoms. The number of amides is 1. The van der Waals surface area contributed by atoms with Crippen molar-refractivity contribution in [1.82, 2.24) is 9.89 Å². The van der Waals surface area contributed by atoms with Crippen LogP contribution < -0.4 is 5.43 Å². The Bertz CT molecular complexity index is 233. The van der Waals surface area contributed by atoms with Gasteiger partial charge in [0.25, 0.3) is 5.91 Å². The van der Waals surface area contributed by atoms with E-state index >= 15 is 0 Å². The second-order valence-corrected chi connectivity index (χ2v) is 2.12. The smallest absolute Gasteiger partial charge is 0.266 e. The summed E-state index contributed by atoms with van der Waals surface area (Å²) in [5.74, 6) is -0.208. The van der Waals surface area contributed by atoms with E-state index in [0.29, 0.717) is 6.61 Å². The van der Waals surface area contributed by atoms with E-state index in [-0.39, 0.29) is 12.5 Å². The Labute approximate surface area is 70.3 Å². The van der Waals surface area contributed by atoms with Crippen molar-refractivity contribution in [3.05, 3.63) is 18.5 Å². The van der Waals surface area contributed by atoms with Gasteiger partial charge in [-0.1, -0.05) is 0 Å². The van der Waals surface area contributed by atoms with Crippen molar-refractivity contribution in [3.63, 3.8) is 0 Å². The van der Waals surface area contributed by atoms with E-state index in [0.717, 1.165) is 0 Å². The largest absolute Gasteiger partial charge is 0.372 e. The van der Waals surface area contributed by atoms with Crippen molar-refractivity contribution in [1.29, 1.82) is 0 Å². The molecule has 12 heavy (non-hydrogen) atoms. The third kappa shape index (κ3) is 2.71. The molecule has 0 aliphatic heterocycles. The molecule has 1 aromatic rings. The van der Waals surface area contributed by atoms with Gasteiger partial charge in [0.05, 0.1) is 6.20 Å². The van der Waals surface area contributed by atoms with E-state index in [2.05, 4.69) is 10.5 Å². The molecule has 0 fully saturated rings. The third-order valence-corrected chi connectivity index (χ3v) is 1.18. The van der Waals surface area contributed by atoms with Crippen LogP contribution in [0.1, 0.15) is 6.92 Å². The molecule has 1 heterocycles. The fourth-order valence-electron chi connectivity index (χ4n) is 0.690. The Balaban J connectivity index is 2.27. The monoisotopic (exact) mass is 169 g/mol. The molecule has 0 atom stereocenters. The molecule has 0 saturated heterocycles. The van der Waals surface area contributed by atoms with Crippen LogP contribution in [-0.4, -0.2) is 29.0 Å². The molecule has 66 valence electrons. The first kappa shape index (κ1) is 8.73. The minimum Gasteiger partial charge on any atom is -0.372 e. The van der Waals surface area contributed by atoms with E-state index in [4.69, 9.17) is 4.74 Å². The van der Waals surface area contributed by atoms with Gasteiger partial charge in [0.1, 0.15) is 6.61 Å². The SMILES string of the molecule is CCOCC(=O)Nn1cccn1. The topological polar surface area (TPSA) is 56.1 Å². The van der Waals surface area contributed by atoms with Gasteiger partial charge >= 0.3 is 0 Å². The number of carbonyl (C=O) groups is 1. The quantitative estimate of drug-likeness (QED) is 0.689. The highest BCUT2D eigenvalue weighted by molar-refractivity contribution is 5.84. The molecule has 1 aromatic heterocycles. The van der Waals surface area contributed by atoms with Gasteiger partial charge in [0.2, 0.25) is 0 Å². The average molecular weight is 169 g/mol. The fraction of sp³-hybridized carbons (Fsp3) is 0.429. The maximum absolute atomic E-state index is 11.0. The van der Waals surface area contributed by atoms with Crippen LogP contribution in [0.2, 0.25) is 0 Å². The van der Waals surface area contributed by atoms with E-state index in [9.17, 15) is 4.79 Å². The van der Waals surface area contributed by atoms with Crippen molar-refractivity contribution >= 4 is 5.91 Å². The third-order valence-electron chi connectivity index (χ3n) is 1.18. The van der Waals surface area contributed by atoms with Crippen LogP contribution in [0.5, 0.6) is 0 Å². The predicted molar refractivity (Wildman–Crippen MR) is 43.1 cm³/mol. The molecule has 1 N–H and O–H groups in total. The number of carbonyl (C=O) groups excluding carboxylic acids is 1. The summed E-state index contributed by atoms with van der Waals surface area (Å²) in [5.41, 5.74) is 2.50. The van der Waals surface area contributed by atoms with Crippen LogP contribution in [0.25, 0.3) is 0 Å². The fourth-order valence-corrected chi connectivity index (χ4v) is 0.690. The first-order valence-corrected chi connectivity index (χ1v) is 3.70. The van der Waals surface area contributed by atoms with Gasteiger partial charge < -0.3 is 4.74 Å². The molecular weight excluding hydrogens is 158 g/mol. The number of nitrogens with zero attached hydrogens (tertiary/aromatic N) is 2. The van der Waals surface area contributed by atoms with Crippen molar-refractivity contribution in [2.24, 2.45) is 0 Å². The van der Waals surface area contributed by atoms with Gasteiger partial charge in [-0.25, -0.2) is 5.43 Å². The van der Waals surface area contributed by atoms with Crippen LogP contribution in [-0.2, 0) is 9.53 Å². The maximum Gasteiger partial charge on any atom is 0.266 e. The lowest BCUT2D eigenvalue weighted by atomic mass is 10.7. The Morgan fingerprint density at radius 3 is 3.17 bits per heavy atom. The minimum absolute atomic E-state index is 0.0658. The first-order valence-electron chi connectivity index (χ1n) is 3.70. The van der Waals surface area contributed by atoms with Crippen molar-refractivity contribution in [3.8, 4) is 0 Å². The maximum atomic E-state index is 11.0. The Kier molecular flexibility index (Phi) is 3.28. The number of ether oxygens (including phenoxy) is 1. The van der Waals surface area contributed by atoms with Gasteiger partial charge in [-0.15, -0.1) is 0 Å². The molecule has 1 rings (SSSR count). The van der Waals surface area contributed by atoms with Crippen LogP contribution in [0.15, 0.2) is 18.5 Å². The highest BCUT2D eigenvalue weighted by Gasteiger charge is 1.99. The van der Waals surface area contributed by atoms with E-state index in [1.807, 2.05) is 6.92 Å². The number of aromatic nitrogens is 2. The number of hydrogen-bond donors (Lipinski definition) is 1. The van der Waals surface area contributed by atoms with Crippen LogP contribution in [0.4, 0.5) is 0 Å². The Hall–Kier alpha value is -1.36. The van der Waals surface area contributed by atoms with Gasteiger partial charge in [-0.2, -0.15) is 9.89 Å².